The third-order valence-corrected chi connectivity index (χ3v) is 7.28. The van der Waals surface area contributed by atoms with E-state index in [-0.39, 0.29) is 24.4 Å². The molecule has 0 aliphatic rings. The Morgan fingerprint density at radius 3 is 2.27 bits per heavy atom. The molecule has 0 spiro atoms. The van der Waals surface area contributed by atoms with Crippen LogP contribution in [0.15, 0.2) is 65.7 Å². The first-order valence-electron chi connectivity index (χ1n) is 11.6. The van der Waals surface area contributed by atoms with Gasteiger partial charge >= 0.3 is 5.97 Å². The van der Waals surface area contributed by atoms with Crippen LogP contribution in [0.25, 0.3) is 16.8 Å². The van der Waals surface area contributed by atoms with Crippen molar-refractivity contribution < 1.29 is 40.2 Å². The van der Waals surface area contributed by atoms with E-state index in [1.54, 1.807) is 31.2 Å². The summed E-state index contributed by atoms with van der Waals surface area (Å²) in [5.41, 5.74) is 0.302. The number of hydrogen-bond acceptors (Lipinski definition) is 9. The van der Waals surface area contributed by atoms with E-state index in [0.717, 1.165) is 18.3 Å². The summed E-state index contributed by atoms with van der Waals surface area (Å²) in [5.74, 6) is -4.91. The molecule has 2 heterocycles. The average molecular weight is 610 g/mol. The zero-order valence-electron chi connectivity index (χ0n) is 21.1. The summed E-state index contributed by atoms with van der Waals surface area (Å²) in [6.45, 7) is 2.77. The van der Waals surface area contributed by atoms with Gasteiger partial charge in [0.1, 0.15) is 12.0 Å². The number of carboxylic acids is 1. The van der Waals surface area contributed by atoms with Crippen molar-refractivity contribution in [3.63, 3.8) is 0 Å². The highest BCUT2D eigenvalue weighted by Gasteiger charge is 2.27. The summed E-state index contributed by atoms with van der Waals surface area (Å²) in [4.78, 5) is 24.1. The number of carbonyl (C=O) groups is 2. The Balaban J connectivity index is 2.18. The third-order valence-electron chi connectivity index (χ3n) is 5.59. The number of amides is 1. The van der Waals surface area contributed by atoms with E-state index in [2.05, 4.69) is 10.4 Å². The fourth-order valence-corrected chi connectivity index (χ4v) is 5.12. The van der Waals surface area contributed by atoms with Crippen molar-refractivity contribution in [1.29, 1.82) is 0 Å². The first-order chi connectivity index (χ1) is 18.8. The summed E-state index contributed by atoms with van der Waals surface area (Å²) in [7, 11) is 0. The number of halogens is 2. The molecule has 3 rings (SSSR count). The summed E-state index contributed by atoms with van der Waals surface area (Å²) in [6, 6.07) is 8.68. The van der Waals surface area contributed by atoms with Crippen LogP contribution >= 0.6 is 34.5 Å². The lowest BCUT2D eigenvalue weighted by atomic mass is 10.0. The van der Waals surface area contributed by atoms with Gasteiger partial charge in [-0.1, -0.05) is 23.2 Å². The second-order valence-electron chi connectivity index (χ2n) is 8.47. The Hall–Kier alpha value is -4.13. The van der Waals surface area contributed by atoms with Crippen LogP contribution in [0.1, 0.15) is 46.6 Å². The molecular formula is C26H25Cl2N3O8S. The number of aromatic nitrogens is 2. The highest BCUT2D eigenvalue weighted by atomic mass is 35.5. The maximum Gasteiger partial charge on any atom is 0.305 e. The Bertz CT molecular complexity index is 1520. The molecule has 1 amide bonds. The van der Waals surface area contributed by atoms with Crippen molar-refractivity contribution in [2.75, 3.05) is 6.54 Å². The minimum atomic E-state index is -1.05. The Morgan fingerprint density at radius 1 is 1.05 bits per heavy atom. The van der Waals surface area contributed by atoms with Crippen molar-refractivity contribution in [3.05, 3.63) is 91.2 Å². The number of nitrogens with one attached hydrogen (secondary N) is 1. The molecule has 0 aliphatic heterocycles. The number of thiophene rings is 1. The molecule has 7 N–H and O–H groups in total. The second kappa shape index (κ2) is 12.8. The Kier molecular flexibility index (Phi) is 9.74. The van der Waals surface area contributed by atoms with Crippen molar-refractivity contribution in [2.45, 2.75) is 26.3 Å². The van der Waals surface area contributed by atoms with E-state index in [1.807, 2.05) is 0 Å². The molecule has 11 nitrogen and oxygen atoms in total. The van der Waals surface area contributed by atoms with Gasteiger partial charge in [-0.2, -0.15) is 5.10 Å². The zero-order valence-corrected chi connectivity index (χ0v) is 23.4. The minimum Gasteiger partial charge on any atom is -0.512 e. The number of nitrogens with zero attached hydrogens (tertiary/aromatic N) is 2. The smallest absolute Gasteiger partial charge is 0.305 e. The van der Waals surface area contributed by atoms with Gasteiger partial charge < -0.3 is 36.0 Å². The van der Waals surface area contributed by atoms with Crippen molar-refractivity contribution >= 4 is 52.0 Å². The number of hydrogen-bond donors (Lipinski definition) is 7. The maximum absolute atomic E-state index is 12.5. The third kappa shape index (κ3) is 6.89. The van der Waals surface area contributed by atoms with Gasteiger partial charge in [0.25, 0.3) is 5.91 Å². The summed E-state index contributed by atoms with van der Waals surface area (Å²) in [5, 5.41) is 67.4. The largest absolute Gasteiger partial charge is 0.512 e. The van der Waals surface area contributed by atoms with Crippen molar-refractivity contribution in [1.82, 2.24) is 15.1 Å². The maximum atomic E-state index is 12.5. The number of carbonyl (C=O) groups excluding carboxylic acids is 1. The summed E-state index contributed by atoms with van der Waals surface area (Å²) in [6.07, 6.45) is 0.0661. The number of carboxylic acid groups (broad SMARTS) is 1. The number of benzene rings is 1. The van der Waals surface area contributed by atoms with E-state index >= 15 is 0 Å². The van der Waals surface area contributed by atoms with Crippen LogP contribution in [0.3, 0.4) is 0 Å². The van der Waals surface area contributed by atoms with E-state index in [9.17, 15) is 35.1 Å². The van der Waals surface area contributed by atoms with E-state index in [1.165, 1.54) is 16.8 Å². The van der Waals surface area contributed by atoms with Gasteiger partial charge in [-0.15, -0.1) is 11.3 Å². The summed E-state index contributed by atoms with van der Waals surface area (Å²) >= 11 is 13.4. The molecule has 3 aromatic rings. The molecule has 40 heavy (non-hydrogen) atoms. The molecule has 0 saturated carbocycles. The lowest BCUT2D eigenvalue weighted by Gasteiger charge is -2.17. The van der Waals surface area contributed by atoms with Crippen LogP contribution in [-0.2, 0) is 4.79 Å². The minimum absolute atomic E-state index is 0.00700. The molecule has 0 aliphatic carbocycles. The first kappa shape index (κ1) is 30.4. The molecule has 1 aromatic carbocycles. The molecule has 14 heteroatoms. The van der Waals surface area contributed by atoms with Gasteiger partial charge in [0.2, 0.25) is 0 Å². The highest BCUT2D eigenvalue weighted by Crippen LogP contribution is 2.36. The van der Waals surface area contributed by atoms with Crippen LogP contribution in [0, 0.1) is 0 Å². The fraction of sp³-hybridized carbons (Fsp3) is 0.192. The molecule has 212 valence electrons. The molecule has 0 bridgehead atoms. The molecule has 1 atom stereocenters. The van der Waals surface area contributed by atoms with Gasteiger partial charge in [0, 0.05) is 27.0 Å². The standard InChI is InChI=1S/C26H25Cl2N3O8S/c1-12(20-3-4-21(40-20)26(39)29-6-5-22(35)36)31-18(23(19(34)11-32)25(38)24(37)13(2)33)10-17(30-31)14-7-15(27)9-16(28)8-14/h3-4,7-12,32-34,37-38H,5-6H2,1-2H3,(H,29,39)(H,35,36)/b19-11-,24-13-,25-23+. The van der Waals surface area contributed by atoms with Crippen LogP contribution in [0.4, 0.5) is 0 Å². The van der Waals surface area contributed by atoms with Gasteiger partial charge in [-0.05, 0) is 50.2 Å². The molecule has 0 fully saturated rings. The zero-order chi connectivity index (χ0) is 29.7. The fourth-order valence-electron chi connectivity index (χ4n) is 3.64. The first-order valence-corrected chi connectivity index (χ1v) is 13.1. The van der Waals surface area contributed by atoms with E-state index < -0.39 is 46.5 Å². The lowest BCUT2D eigenvalue weighted by Crippen LogP contribution is -2.25. The molecule has 0 saturated heterocycles. The molecular weight excluding hydrogens is 585 g/mol. The number of aliphatic carboxylic acids is 1. The van der Waals surface area contributed by atoms with Crippen molar-refractivity contribution in [3.8, 4) is 11.3 Å². The van der Waals surface area contributed by atoms with Crippen LogP contribution in [0.2, 0.25) is 10.0 Å². The van der Waals surface area contributed by atoms with Gasteiger partial charge in [0.05, 0.1) is 34.3 Å². The van der Waals surface area contributed by atoms with E-state index in [0.29, 0.717) is 31.6 Å². The molecule has 1 unspecified atom stereocenters. The quantitative estimate of drug-likeness (QED) is 0.102. The number of aliphatic hydroxyl groups excluding tert-OH is 5. The van der Waals surface area contributed by atoms with Crippen LogP contribution in [-0.4, -0.2) is 58.8 Å². The monoisotopic (exact) mass is 609 g/mol. The number of rotatable bonds is 10. The van der Waals surface area contributed by atoms with Gasteiger partial charge in [-0.25, -0.2) is 0 Å². The Labute approximate surface area is 242 Å². The normalized spacial score (nSPS) is 13.8. The average Bonchev–Trinajstić information content (AvgIpc) is 3.55. The SMILES string of the molecule is C\C(O)=C(O)/C(O)=C(\C(O)=C\O)c1cc(-c2cc(Cl)cc(Cl)c2)nn1C(C)c1ccc(C(=O)NCCC(=O)O)s1. The Morgan fingerprint density at radius 2 is 1.70 bits per heavy atom. The number of allylic oxidation sites excluding steroid dienone is 2. The topological polar surface area (TPSA) is 185 Å². The molecule has 0 radical (unpaired) electrons. The van der Waals surface area contributed by atoms with Gasteiger partial charge in [0.15, 0.2) is 17.3 Å². The van der Waals surface area contributed by atoms with Crippen LogP contribution < -0.4 is 5.32 Å². The van der Waals surface area contributed by atoms with Gasteiger partial charge in [-0.3, -0.25) is 14.3 Å². The van der Waals surface area contributed by atoms with Crippen LogP contribution in [0.5, 0.6) is 0 Å². The predicted molar refractivity (Wildman–Crippen MR) is 151 cm³/mol. The van der Waals surface area contributed by atoms with E-state index in [4.69, 9.17) is 28.3 Å². The second-order valence-corrected chi connectivity index (χ2v) is 10.5. The summed E-state index contributed by atoms with van der Waals surface area (Å²) < 4.78 is 1.37. The molecule has 2 aromatic heterocycles. The van der Waals surface area contributed by atoms with Crippen molar-refractivity contribution in [2.24, 2.45) is 0 Å². The number of aliphatic hydroxyl groups is 5. The predicted octanol–water partition coefficient (Wildman–Crippen LogP) is 6.31. The highest BCUT2D eigenvalue weighted by molar-refractivity contribution is 7.14. The lowest BCUT2D eigenvalue weighted by molar-refractivity contribution is -0.136.